The quantitative estimate of drug-likeness (QED) is 0.501. The van der Waals surface area contributed by atoms with Gasteiger partial charge in [0.1, 0.15) is 5.82 Å². The lowest BCUT2D eigenvalue weighted by Gasteiger charge is -2.37. The number of nitrogens with one attached hydrogen (secondary N) is 1. The molecule has 1 aromatic heterocycles. The SMILES string of the molecule is O=C(NO)c1cnc(N2CCN([C@@H](/C=C/c3ccc(F)cc3)CO)CC2)nc1. The van der Waals surface area contributed by atoms with Gasteiger partial charge in [-0.15, -0.1) is 0 Å². The Morgan fingerprint density at radius 2 is 1.82 bits per heavy atom. The fourth-order valence-corrected chi connectivity index (χ4v) is 3.01. The predicted molar refractivity (Wildman–Crippen MR) is 101 cm³/mol. The van der Waals surface area contributed by atoms with Crippen molar-refractivity contribution < 1.29 is 19.5 Å². The van der Waals surface area contributed by atoms with Crippen molar-refractivity contribution in [2.24, 2.45) is 0 Å². The number of anilines is 1. The minimum Gasteiger partial charge on any atom is -0.394 e. The first kappa shape index (κ1) is 19.9. The highest BCUT2D eigenvalue weighted by atomic mass is 19.1. The van der Waals surface area contributed by atoms with Crippen LogP contribution in [0.4, 0.5) is 10.3 Å². The molecule has 0 aliphatic carbocycles. The summed E-state index contributed by atoms with van der Waals surface area (Å²) in [6.07, 6.45) is 6.52. The van der Waals surface area contributed by atoms with Crippen LogP contribution in [-0.4, -0.2) is 69.9 Å². The number of amides is 1. The molecule has 3 N–H and O–H groups in total. The molecule has 0 spiro atoms. The molecule has 0 saturated carbocycles. The summed E-state index contributed by atoms with van der Waals surface area (Å²) in [7, 11) is 0. The minimum atomic E-state index is -0.657. The molecule has 0 radical (unpaired) electrons. The number of rotatable bonds is 6. The lowest BCUT2D eigenvalue weighted by atomic mass is 10.1. The molecule has 1 aliphatic rings. The zero-order valence-electron chi connectivity index (χ0n) is 15.2. The van der Waals surface area contributed by atoms with E-state index >= 15 is 0 Å². The van der Waals surface area contributed by atoms with Crippen LogP contribution in [0.5, 0.6) is 0 Å². The first-order chi connectivity index (χ1) is 13.6. The van der Waals surface area contributed by atoms with Crippen molar-refractivity contribution in [2.75, 3.05) is 37.7 Å². The van der Waals surface area contributed by atoms with E-state index < -0.39 is 5.91 Å². The summed E-state index contributed by atoms with van der Waals surface area (Å²) in [5.74, 6) is -0.425. The van der Waals surface area contributed by atoms with Crippen molar-refractivity contribution in [1.29, 1.82) is 0 Å². The molecule has 2 heterocycles. The van der Waals surface area contributed by atoms with E-state index in [0.717, 1.165) is 5.56 Å². The van der Waals surface area contributed by atoms with E-state index in [1.165, 1.54) is 24.5 Å². The van der Waals surface area contributed by atoms with Crippen molar-refractivity contribution in [3.05, 3.63) is 59.7 Å². The molecule has 0 bridgehead atoms. The van der Waals surface area contributed by atoms with Gasteiger partial charge in [0, 0.05) is 38.6 Å². The van der Waals surface area contributed by atoms with Crippen molar-refractivity contribution in [2.45, 2.75) is 6.04 Å². The molecule has 9 heteroatoms. The number of aliphatic hydroxyl groups is 1. The van der Waals surface area contributed by atoms with E-state index in [2.05, 4.69) is 14.9 Å². The van der Waals surface area contributed by atoms with Gasteiger partial charge in [0.15, 0.2) is 0 Å². The summed E-state index contributed by atoms with van der Waals surface area (Å²) in [5.41, 5.74) is 2.59. The highest BCUT2D eigenvalue weighted by molar-refractivity contribution is 5.92. The number of carbonyl (C=O) groups excluding carboxylic acids is 1. The molecule has 3 rings (SSSR count). The van der Waals surface area contributed by atoms with Crippen LogP contribution in [0, 0.1) is 5.82 Å². The average Bonchev–Trinajstić information content (AvgIpc) is 2.75. The molecule has 1 amide bonds. The zero-order valence-corrected chi connectivity index (χ0v) is 15.2. The van der Waals surface area contributed by atoms with Gasteiger partial charge < -0.3 is 10.0 Å². The molecule has 2 aromatic rings. The molecule has 148 valence electrons. The van der Waals surface area contributed by atoms with Gasteiger partial charge >= 0.3 is 0 Å². The van der Waals surface area contributed by atoms with Gasteiger partial charge in [0.25, 0.3) is 5.91 Å². The molecule has 1 aliphatic heterocycles. The topological polar surface area (TPSA) is 102 Å². The zero-order chi connectivity index (χ0) is 19.9. The molecular weight excluding hydrogens is 365 g/mol. The number of aliphatic hydroxyl groups excluding tert-OH is 1. The Bertz CT molecular complexity index is 805. The van der Waals surface area contributed by atoms with Crippen molar-refractivity contribution in [3.63, 3.8) is 0 Å². The van der Waals surface area contributed by atoms with Crippen molar-refractivity contribution in [1.82, 2.24) is 20.3 Å². The van der Waals surface area contributed by atoms with E-state index in [4.69, 9.17) is 5.21 Å². The van der Waals surface area contributed by atoms with Gasteiger partial charge in [-0.1, -0.05) is 24.3 Å². The Labute approximate surface area is 161 Å². The normalized spacial score (nSPS) is 16.3. The predicted octanol–water partition coefficient (Wildman–Crippen LogP) is 0.931. The van der Waals surface area contributed by atoms with E-state index in [9.17, 15) is 14.3 Å². The Hall–Kier alpha value is -2.88. The third-order valence-electron chi connectivity index (χ3n) is 4.64. The second kappa shape index (κ2) is 9.36. The van der Waals surface area contributed by atoms with Gasteiger partial charge in [0.05, 0.1) is 18.2 Å². The second-order valence-electron chi connectivity index (χ2n) is 6.40. The van der Waals surface area contributed by atoms with Crippen molar-refractivity contribution >= 4 is 17.9 Å². The largest absolute Gasteiger partial charge is 0.394 e. The minimum absolute atomic E-state index is 0.0147. The van der Waals surface area contributed by atoms with E-state index in [-0.39, 0.29) is 24.0 Å². The van der Waals surface area contributed by atoms with Crippen LogP contribution in [0.3, 0.4) is 0 Å². The van der Waals surface area contributed by atoms with Crippen LogP contribution in [-0.2, 0) is 0 Å². The summed E-state index contributed by atoms with van der Waals surface area (Å²) in [5, 5.41) is 18.4. The Morgan fingerprint density at radius 1 is 1.18 bits per heavy atom. The average molecular weight is 387 g/mol. The van der Waals surface area contributed by atoms with Gasteiger partial charge in [-0.25, -0.2) is 19.8 Å². The molecule has 1 fully saturated rings. The number of hydrogen-bond donors (Lipinski definition) is 3. The first-order valence-corrected chi connectivity index (χ1v) is 8.91. The Kier molecular flexibility index (Phi) is 6.64. The van der Waals surface area contributed by atoms with Crippen molar-refractivity contribution in [3.8, 4) is 0 Å². The number of hydrogen-bond acceptors (Lipinski definition) is 7. The maximum Gasteiger partial charge on any atom is 0.277 e. The molecule has 1 atom stereocenters. The lowest BCUT2D eigenvalue weighted by Crippen LogP contribution is -2.51. The standard InChI is InChI=1S/C19H22FN5O3/c20-16-4-1-14(2-5-16)3-6-17(13-26)24-7-9-25(10-8-24)19-21-11-15(12-22-19)18(27)23-28/h1-6,11-12,17,26,28H,7-10,13H2,(H,23,27)/b6-3+/t17-/m0/s1. The third-order valence-corrected chi connectivity index (χ3v) is 4.64. The Balaban J connectivity index is 1.57. The van der Waals surface area contributed by atoms with Gasteiger partial charge in [0.2, 0.25) is 5.95 Å². The highest BCUT2D eigenvalue weighted by Crippen LogP contribution is 2.14. The van der Waals surface area contributed by atoms with Crippen LogP contribution in [0.25, 0.3) is 6.08 Å². The van der Waals surface area contributed by atoms with Gasteiger partial charge in [-0.3, -0.25) is 14.9 Å². The molecule has 1 aromatic carbocycles. The molecular formula is C19H22FN5O3. The number of benzene rings is 1. The van der Waals surface area contributed by atoms with E-state index in [1.54, 1.807) is 17.6 Å². The van der Waals surface area contributed by atoms with Gasteiger partial charge in [-0.2, -0.15) is 0 Å². The van der Waals surface area contributed by atoms with Crippen LogP contribution in [0.1, 0.15) is 15.9 Å². The van der Waals surface area contributed by atoms with E-state index in [1.807, 2.05) is 17.1 Å². The number of carbonyl (C=O) groups is 1. The van der Waals surface area contributed by atoms with Crippen LogP contribution in [0.15, 0.2) is 42.7 Å². The molecule has 0 unspecified atom stereocenters. The Morgan fingerprint density at radius 3 is 2.39 bits per heavy atom. The smallest absolute Gasteiger partial charge is 0.277 e. The van der Waals surface area contributed by atoms with Crippen LogP contribution in [0.2, 0.25) is 0 Å². The number of nitrogens with zero attached hydrogens (tertiary/aromatic N) is 4. The lowest BCUT2D eigenvalue weighted by molar-refractivity contribution is 0.0705. The fourth-order valence-electron chi connectivity index (χ4n) is 3.01. The van der Waals surface area contributed by atoms with Gasteiger partial charge in [-0.05, 0) is 17.7 Å². The second-order valence-corrected chi connectivity index (χ2v) is 6.40. The van der Waals surface area contributed by atoms with Crippen LogP contribution >= 0.6 is 0 Å². The number of aromatic nitrogens is 2. The summed E-state index contributed by atoms with van der Waals surface area (Å²) >= 11 is 0. The third kappa shape index (κ3) is 4.89. The molecule has 28 heavy (non-hydrogen) atoms. The number of hydroxylamine groups is 1. The number of piperazine rings is 1. The number of halogens is 1. The summed E-state index contributed by atoms with van der Waals surface area (Å²) in [6.45, 7) is 2.75. The summed E-state index contributed by atoms with van der Waals surface area (Å²) in [6, 6.07) is 6.06. The van der Waals surface area contributed by atoms with E-state index in [0.29, 0.717) is 32.1 Å². The molecule has 1 saturated heterocycles. The summed E-state index contributed by atoms with van der Waals surface area (Å²) in [4.78, 5) is 23.8. The summed E-state index contributed by atoms with van der Waals surface area (Å²) < 4.78 is 13.0. The maximum absolute atomic E-state index is 13.0. The van der Waals surface area contributed by atoms with Crippen LogP contribution < -0.4 is 10.4 Å². The maximum atomic E-state index is 13.0. The highest BCUT2D eigenvalue weighted by Gasteiger charge is 2.23. The fraction of sp³-hybridized carbons (Fsp3) is 0.316. The monoisotopic (exact) mass is 387 g/mol. The molecule has 8 nitrogen and oxygen atoms in total. The first-order valence-electron chi connectivity index (χ1n) is 8.91.